The maximum Gasteiger partial charge on any atom is 0.241 e. The van der Waals surface area contributed by atoms with Gasteiger partial charge in [-0.25, -0.2) is 17.5 Å². The third-order valence-electron chi connectivity index (χ3n) is 3.53. The van der Waals surface area contributed by atoms with Gasteiger partial charge >= 0.3 is 0 Å². The molecule has 1 saturated carbocycles. The van der Waals surface area contributed by atoms with Crippen molar-refractivity contribution < 1.29 is 17.9 Å². The topological polar surface area (TPSA) is 92.4 Å². The molecular formula is C13H17FN2O3S2. The van der Waals surface area contributed by atoms with Crippen LogP contribution < -0.4 is 10.5 Å². The molecule has 1 fully saturated rings. The fraction of sp³-hybridized carbons (Fsp3) is 0.462. The van der Waals surface area contributed by atoms with Gasteiger partial charge in [-0.1, -0.05) is 18.3 Å². The Bertz CT molecular complexity index is 641. The van der Waals surface area contributed by atoms with Gasteiger partial charge in [0.15, 0.2) is 0 Å². The van der Waals surface area contributed by atoms with Crippen molar-refractivity contribution in [3.8, 4) is 0 Å². The molecule has 0 spiro atoms. The van der Waals surface area contributed by atoms with E-state index in [1.54, 1.807) is 0 Å². The zero-order chi connectivity index (χ0) is 15.6. The van der Waals surface area contributed by atoms with Crippen molar-refractivity contribution in [2.45, 2.75) is 42.7 Å². The van der Waals surface area contributed by atoms with Crippen LogP contribution in [-0.4, -0.2) is 30.7 Å². The lowest BCUT2D eigenvalue weighted by atomic mass is 9.94. The Balaban J connectivity index is 2.28. The second-order valence-electron chi connectivity index (χ2n) is 5.10. The van der Waals surface area contributed by atoms with Crippen LogP contribution in [0.25, 0.3) is 0 Å². The standard InChI is InChI=1S/C13H17FN2O3S2/c14-10-2-1-3-11(12(10)13(15)20)21(18,19)16-8-4-6-9(17)7-5-8/h1-3,8-9,16-17H,4-7H2,(H2,15,20). The highest BCUT2D eigenvalue weighted by Crippen LogP contribution is 2.23. The Morgan fingerprint density at radius 3 is 2.52 bits per heavy atom. The van der Waals surface area contributed by atoms with Crippen LogP contribution in [0.2, 0.25) is 0 Å². The van der Waals surface area contributed by atoms with Crippen LogP contribution in [0.5, 0.6) is 0 Å². The molecule has 1 aromatic rings. The number of hydrogen-bond donors (Lipinski definition) is 3. The molecule has 0 aliphatic heterocycles. The highest BCUT2D eigenvalue weighted by molar-refractivity contribution is 7.89. The number of thiocarbonyl (C=S) groups is 1. The summed E-state index contributed by atoms with van der Waals surface area (Å²) < 4.78 is 41.1. The summed E-state index contributed by atoms with van der Waals surface area (Å²) >= 11 is 4.74. The summed E-state index contributed by atoms with van der Waals surface area (Å²) in [5, 5.41) is 9.44. The number of rotatable bonds is 4. The van der Waals surface area contributed by atoms with E-state index in [0.29, 0.717) is 25.7 Å². The first-order valence-electron chi connectivity index (χ1n) is 6.60. The molecule has 1 aromatic carbocycles. The molecule has 0 amide bonds. The molecule has 5 nitrogen and oxygen atoms in total. The van der Waals surface area contributed by atoms with E-state index >= 15 is 0 Å². The predicted molar refractivity (Wildman–Crippen MR) is 80.9 cm³/mol. The Kier molecular flexibility index (Phi) is 4.92. The van der Waals surface area contributed by atoms with E-state index in [9.17, 15) is 17.9 Å². The van der Waals surface area contributed by atoms with Gasteiger partial charge in [-0.2, -0.15) is 0 Å². The van der Waals surface area contributed by atoms with Crippen molar-refractivity contribution in [3.63, 3.8) is 0 Å². The van der Waals surface area contributed by atoms with Crippen LogP contribution >= 0.6 is 12.2 Å². The molecular weight excluding hydrogens is 315 g/mol. The first-order valence-corrected chi connectivity index (χ1v) is 8.49. The quantitative estimate of drug-likeness (QED) is 0.717. The minimum absolute atomic E-state index is 0.249. The van der Waals surface area contributed by atoms with Gasteiger partial charge in [0.05, 0.1) is 16.6 Å². The van der Waals surface area contributed by atoms with Crippen LogP contribution in [0.3, 0.4) is 0 Å². The molecule has 0 radical (unpaired) electrons. The van der Waals surface area contributed by atoms with Gasteiger partial charge in [0.1, 0.15) is 10.8 Å². The van der Waals surface area contributed by atoms with Gasteiger partial charge in [-0.3, -0.25) is 0 Å². The Labute approximate surface area is 128 Å². The van der Waals surface area contributed by atoms with Crippen LogP contribution in [0.4, 0.5) is 4.39 Å². The third-order valence-corrected chi connectivity index (χ3v) is 5.30. The minimum atomic E-state index is -3.91. The zero-order valence-corrected chi connectivity index (χ0v) is 12.9. The lowest BCUT2D eigenvalue weighted by molar-refractivity contribution is 0.120. The number of aliphatic hydroxyl groups is 1. The molecule has 0 atom stereocenters. The van der Waals surface area contributed by atoms with Crippen molar-refractivity contribution in [2.75, 3.05) is 0 Å². The Hall–Kier alpha value is -1.09. The first-order chi connectivity index (χ1) is 9.81. The normalized spacial score (nSPS) is 23.0. The molecule has 0 bridgehead atoms. The Morgan fingerprint density at radius 2 is 1.95 bits per heavy atom. The lowest BCUT2D eigenvalue weighted by Gasteiger charge is -2.26. The first kappa shape index (κ1) is 16.3. The van der Waals surface area contributed by atoms with Gasteiger partial charge < -0.3 is 10.8 Å². The second-order valence-corrected chi connectivity index (χ2v) is 7.23. The number of benzene rings is 1. The number of nitrogens with one attached hydrogen (secondary N) is 1. The van der Waals surface area contributed by atoms with E-state index in [1.165, 1.54) is 12.1 Å². The molecule has 2 rings (SSSR count). The molecule has 8 heteroatoms. The lowest BCUT2D eigenvalue weighted by Crippen LogP contribution is -2.39. The summed E-state index contributed by atoms with van der Waals surface area (Å²) in [4.78, 5) is -0.548. The molecule has 116 valence electrons. The Morgan fingerprint density at radius 1 is 1.33 bits per heavy atom. The predicted octanol–water partition coefficient (Wildman–Crippen LogP) is 1.04. The summed E-state index contributed by atoms with van der Waals surface area (Å²) in [5.41, 5.74) is 5.16. The van der Waals surface area contributed by atoms with Crippen molar-refractivity contribution in [2.24, 2.45) is 5.73 Å². The van der Waals surface area contributed by atoms with Crippen LogP contribution in [-0.2, 0) is 10.0 Å². The second kappa shape index (κ2) is 6.35. The van der Waals surface area contributed by atoms with E-state index in [2.05, 4.69) is 4.72 Å². The third kappa shape index (κ3) is 3.76. The SMILES string of the molecule is NC(=S)c1c(F)cccc1S(=O)(=O)NC1CCC(O)CC1. The van der Waals surface area contributed by atoms with Crippen molar-refractivity contribution in [1.29, 1.82) is 0 Å². The number of halogens is 1. The average molecular weight is 332 g/mol. The molecule has 0 unspecified atom stereocenters. The van der Waals surface area contributed by atoms with Crippen LogP contribution in [0, 0.1) is 5.82 Å². The fourth-order valence-corrected chi connectivity index (χ4v) is 4.25. The summed E-state index contributed by atoms with van der Waals surface area (Å²) in [6, 6.07) is 3.42. The van der Waals surface area contributed by atoms with Gasteiger partial charge in [-0.15, -0.1) is 0 Å². The van der Waals surface area contributed by atoms with Crippen molar-refractivity contribution in [3.05, 3.63) is 29.6 Å². The maximum absolute atomic E-state index is 13.8. The zero-order valence-electron chi connectivity index (χ0n) is 11.3. The molecule has 4 N–H and O–H groups in total. The number of nitrogens with two attached hydrogens (primary N) is 1. The maximum atomic E-state index is 13.8. The van der Waals surface area contributed by atoms with E-state index in [-0.39, 0.29) is 27.6 Å². The average Bonchev–Trinajstić information content (AvgIpc) is 2.40. The van der Waals surface area contributed by atoms with Crippen molar-refractivity contribution >= 4 is 27.2 Å². The van der Waals surface area contributed by atoms with Crippen molar-refractivity contribution in [1.82, 2.24) is 4.72 Å². The van der Waals surface area contributed by atoms with Gasteiger partial charge in [0.25, 0.3) is 0 Å². The van der Waals surface area contributed by atoms with Crippen LogP contribution in [0.1, 0.15) is 31.2 Å². The number of sulfonamides is 1. The number of hydrogen-bond acceptors (Lipinski definition) is 4. The molecule has 0 saturated heterocycles. The summed E-state index contributed by atoms with van der Waals surface area (Å²) in [6.45, 7) is 0. The molecule has 1 aliphatic rings. The smallest absolute Gasteiger partial charge is 0.241 e. The largest absolute Gasteiger partial charge is 0.393 e. The fourth-order valence-electron chi connectivity index (χ4n) is 2.44. The minimum Gasteiger partial charge on any atom is -0.393 e. The van der Waals surface area contributed by atoms with Crippen LogP contribution in [0.15, 0.2) is 23.1 Å². The van der Waals surface area contributed by atoms with E-state index in [1.807, 2.05) is 0 Å². The van der Waals surface area contributed by atoms with Gasteiger partial charge in [0.2, 0.25) is 10.0 Å². The van der Waals surface area contributed by atoms with E-state index < -0.39 is 15.8 Å². The number of aliphatic hydroxyl groups excluding tert-OH is 1. The molecule has 0 aromatic heterocycles. The van der Waals surface area contributed by atoms with Gasteiger partial charge in [-0.05, 0) is 37.8 Å². The highest BCUT2D eigenvalue weighted by Gasteiger charge is 2.28. The van der Waals surface area contributed by atoms with Gasteiger partial charge in [0, 0.05) is 6.04 Å². The summed E-state index contributed by atoms with van der Waals surface area (Å²) in [7, 11) is -3.91. The summed E-state index contributed by atoms with van der Waals surface area (Å²) in [5.74, 6) is -0.760. The molecule has 21 heavy (non-hydrogen) atoms. The monoisotopic (exact) mass is 332 g/mol. The summed E-state index contributed by atoms with van der Waals surface area (Å²) in [6.07, 6.45) is 1.78. The van der Waals surface area contributed by atoms with E-state index in [0.717, 1.165) is 6.07 Å². The molecule has 1 aliphatic carbocycles. The molecule has 0 heterocycles. The highest BCUT2D eigenvalue weighted by atomic mass is 32.2. The van der Waals surface area contributed by atoms with E-state index in [4.69, 9.17) is 18.0 Å².